The molecular formula is C35H63N5O11+2. The Morgan fingerprint density at radius 1 is 1.04 bits per heavy atom. The number of carbonyl (C=O) groups excluding carboxylic acids is 2. The zero-order valence-electron chi connectivity index (χ0n) is 30.0. The van der Waals surface area contributed by atoms with Crippen LogP contribution >= 0.6 is 0 Å². The van der Waals surface area contributed by atoms with E-state index in [2.05, 4.69) is 15.6 Å². The number of nitrogens with one attached hydrogen (secondary N) is 2. The topological polar surface area (TPSA) is 278 Å². The van der Waals surface area contributed by atoms with E-state index in [0.29, 0.717) is 38.1 Å². The normalized spacial score (nSPS) is 44.9. The fraction of sp³-hybridized carbons (Fsp3) is 0.914. The first-order valence-corrected chi connectivity index (χ1v) is 18.9. The highest BCUT2D eigenvalue weighted by molar-refractivity contribution is 6.00. The number of ether oxygens (including phenoxy) is 3. The Kier molecular flexibility index (Phi) is 13.9. The second-order valence-corrected chi connectivity index (χ2v) is 15.7. The molecule has 16 heteroatoms. The number of quaternary nitrogens is 1. The molecular weight excluding hydrogens is 666 g/mol. The second kappa shape index (κ2) is 17.5. The number of aliphatic hydroxyl groups excluding tert-OH is 5. The molecule has 0 aromatic heterocycles. The van der Waals surface area contributed by atoms with E-state index in [1.807, 2.05) is 0 Å². The smallest absolute Gasteiger partial charge is 0.340 e. The summed E-state index contributed by atoms with van der Waals surface area (Å²) in [7, 11) is 3.18. The van der Waals surface area contributed by atoms with Gasteiger partial charge in [-0.15, -0.1) is 0 Å². The first-order chi connectivity index (χ1) is 24.4. The van der Waals surface area contributed by atoms with Gasteiger partial charge < -0.3 is 50.2 Å². The molecule has 16 unspecified atom stereocenters. The molecule has 0 bridgehead atoms. The van der Waals surface area contributed by atoms with Crippen LogP contribution in [-0.2, 0) is 23.8 Å². The standard InChI is InChI=1S/C35H61N5O11/c1-38-34(37)40-15-22-18(5-3-4-10-41)12-20-27(29(22)44)30(45)26-21(28(20)43)13-19(49-2)14-23(26)50-33-31(46)32(47)35(48,24(16-42)51-33)8-6-17-7-9-39-25(36)11-17/h17-27,29,31-33,39,41-42,44,46-48H,3-16,36H2,1-2H3,(H3,37,38,40)/p+2. The van der Waals surface area contributed by atoms with E-state index in [9.17, 15) is 40.2 Å². The molecule has 5 fully saturated rings. The molecule has 16 nitrogen and oxygen atoms in total. The maximum atomic E-state index is 14.6. The van der Waals surface area contributed by atoms with Gasteiger partial charge in [0.1, 0.15) is 41.6 Å². The highest BCUT2D eigenvalue weighted by Crippen LogP contribution is 2.51. The van der Waals surface area contributed by atoms with Crippen LogP contribution in [0, 0.1) is 41.4 Å². The number of carbonyl (C=O) groups is 2. The molecule has 14 N–H and O–H groups in total. The molecule has 0 spiro atoms. The average molecular weight is 730 g/mol. The van der Waals surface area contributed by atoms with Crippen LogP contribution in [0.1, 0.15) is 64.2 Å². The number of hydrogen-bond donors (Lipinski definition) is 11. The average Bonchev–Trinajstić information content (AvgIpc) is 3.12. The zero-order chi connectivity index (χ0) is 37.0. The van der Waals surface area contributed by atoms with Crippen LogP contribution in [0.5, 0.6) is 0 Å². The molecule has 5 rings (SSSR count). The third-order valence-corrected chi connectivity index (χ3v) is 12.8. The predicted molar refractivity (Wildman–Crippen MR) is 181 cm³/mol. The molecule has 0 amide bonds. The maximum absolute atomic E-state index is 14.6. The van der Waals surface area contributed by atoms with Gasteiger partial charge in [-0.3, -0.25) is 31.4 Å². The largest absolute Gasteiger partial charge is 0.396 e. The van der Waals surface area contributed by atoms with Gasteiger partial charge in [0.05, 0.1) is 56.9 Å². The van der Waals surface area contributed by atoms with Crippen LogP contribution in [0.3, 0.4) is 0 Å². The number of hydrogen-bond acceptors (Lipinski definition) is 12. The van der Waals surface area contributed by atoms with Crippen molar-refractivity contribution in [1.29, 1.82) is 0 Å². The quantitative estimate of drug-likeness (QED) is 0.0481. The lowest BCUT2D eigenvalue weighted by molar-refractivity contribution is -0.699. The van der Waals surface area contributed by atoms with E-state index in [1.165, 1.54) is 7.11 Å². The minimum atomic E-state index is -1.97. The molecule has 2 aliphatic heterocycles. The van der Waals surface area contributed by atoms with Crippen molar-refractivity contribution >= 4 is 17.5 Å². The molecule has 292 valence electrons. The summed E-state index contributed by atoms with van der Waals surface area (Å²) in [4.78, 5) is 31.7. The lowest BCUT2D eigenvalue weighted by atomic mass is 9.53. The van der Waals surface area contributed by atoms with Crippen LogP contribution in [0.2, 0.25) is 0 Å². The van der Waals surface area contributed by atoms with Crippen molar-refractivity contribution in [2.24, 2.45) is 52.9 Å². The monoisotopic (exact) mass is 729 g/mol. The third-order valence-electron chi connectivity index (χ3n) is 12.8. The van der Waals surface area contributed by atoms with Crippen molar-refractivity contribution in [1.82, 2.24) is 5.32 Å². The number of unbranched alkanes of at least 4 members (excludes halogenated alkanes) is 1. The summed E-state index contributed by atoms with van der Waals surface area (Å²) < 4.78 is 18.0. The van der Waals surface area contributed by atoms with Gasteiger partial charge in [0.25, 0.3) is 0 Å². The Morgan fingerprint density at radius 2 is 1.78 bits per heavy atom. The first kappa shape index (κ1) is 40.4. The Balaban J connectivity index is 1.35. The molecule has 51 heavy (non-hydrogen) atoms. The number of rotatable bonds is 13. The highest BCUT2D eigenvalue weighted by atomic mass is 16.7. The summed E-state index contributed by atoms with van der Waals surface area (Å²) in [5.41, 5.74) is 10.1. The lowest BCUT2D eigenvalue weighted by Crippen LogP contribution is -2.94. The number of ketones is 2. The van der Waals surface area contributed by atoms with E-state index in [-0.39, 0.29) is 62.0 Å². The Hall–Kier alpha value is -1.83. The van der Waals surface area contributed by atoms with Crippen molar-refractivity contribution in [3.05, 3.63) is 0 Å². The van der Waals surface area contributed by atoms with Gasteiger partial charge in [0.2, 0.25) is 0 Å². The first-order valence-electron chi connectivity index (χ1n) is 18.9. The lowest BCUT2D eigenvalue weighted by Gasteiger charge is -2.53. The van der Waals surface area contributed by atoms with E-state index in [1.54, 1.807) is 7.05 Å². The van der Waals surface area contributed by atoms with Gasteiger partial charge in [-0.1, -0.05) is 6.42 Å². The molecule has 2 saturated heterocycles. The summed E-state index contributed by atoms with van der Waals surface area (Å²) in [6.45, 7) is 0.505. The number of aliphatic hydroxyl groups is 6. The number of Topliss-reactive ketones (excluding diaryl/α,β-unsaturated/α-hetero) is 2. The second-order valence-electron chi connectivity index (χ2n) is 15.7. The van der Waals surface area contributed by atoms with Crippen LogP contribution < -0.4 is 27.1 Å². The van der Waals surface area contributed by atoms with Crippen molar-refractivity contribution in [3.63, 3.8) is 0 Å². The maximum Gasteiger partial charge on any atom is 0.340 e. The summed E-state index contributed by atoms with van der Waals surface area (Å²) in [6, 6.07) is 0. The molecule has 3 saturated carbocycles. The van der Waals surface area contributed by atoms with Crippen molar-refractivity contribution in [3.8, 4) is 0 Å². The van der Waals surface area contributed by atoms with Crippen LogP contribution in [0.25, 0.3) is 0 Å². The number of piperidine rings is 1. The van der Waals surface area contributed by atoms with Gasteiger partial charge in [-0.2, -0.15) is 0 Å². The molecule has 0 aromatic carbocycles. The summed E-state index contributed by atoms with van der Waals surface area (Å²) in [5.74, 6) is -3.82. The highest BCUT2D eigenvalue weighted by Gasteiger charge is 2.62. The predicted octanol–water partition coefficient (Wildman–Crippen LogP) is -5.22. The van der Waals surface area contributed by atoms with E-state index >= 15 is 0 Å². The van der Waals surface area contributed by atoms with Gasteiger partial charge >= 0.3 is 5.96 Å². The van der Waals surface area contributed by atoms with Crippen molar-refractivity contribution < 1.29 is 64.7 Å². The van der Waals surface area contributed by atoms with Gasteiger partial charge in [0.15, 0.2) is 6.29 Å². The molecule has 2 heterocycles. The van der Waals surface area contributed by atoms with Gasteiger partial charge in [0, 0.05) is 44.3 Å². The molecule has 0 aromatic rings. The summed E-state index contributed by atoms with van der Waals surface area (Å²) >= 11 is 0. The Labute approximate surface area is 299 Å². The van der Waals surface area contributed by atoms with Crippen LogP contribution in [0.15, 0.2) is 0 Å². The fourth-order valence-electron chi connectivity index (χ4n) is 9.87. The molecule has 16 atom stereocenters. The van der Waals surface area contributed by atoms with E-state index in [0.717, 1.165) is 19.4 Å². The fourth-order valence-corrected chi connectivity index (χ4v) is 9.87. The van der Waals surface area contributed by atoms with Gasteiger partial charge in [-0.25, -0.2) is 0 Å². The minimum Gasteiger partial charge on any atom is -0.396 e. The minimum absolute atomic E-state index is 0.0368. The number of methoxy groups -OCH3 is 1. The Morgan fingerprint density at radius 3 is 2.45 bits per heavy atom. The summed E-state index contributed by atoms with van der Waals surface area (Å²) in [5, 5.41) is 71.0. The van der Waals surface area contributed by atoms with Crippen molar-refractivity contribution in [2.75, 3.05) is 40.5 Å². The third kappa shape index (κ3) is 8.46. The molecule has 5 aliphatic rings. The number of guanidine groups is 1. The van der Waals surface area contributed by atoms with Gasteiger partial charge in [-0.05, 0) is 56.8 Å². The zero-order valence-corrected chi connectivity index (χ0v) is 30.0. The summed E-state index contributed by atoms with van der Waals surface area (Å²) in [6.07, 6.45) is -3.89. The van der Waals surface area contributed by atoms with Crippen LogP contribution in [0.4, 0.5) is 0 Å². The molecule has 3 aliphatic carbocycles. The number of nitrogens with two attached hydrogens (primary N) is 3. The van der Waals surface area contributed by atoms with E-state index < -0.39 is 84.7 Å². The SMILES string of the molecule is C[NH+]=C(N)NCC1C(CCCCO)CC2C(=O)C3CC(OC)CC(OC4OC(CO)C(O)(CCC5CC[NH2+]C(N)C5)C(O)C4O)C3C(=O)C2C1O. The van der Waals surface area contributed by atoms with Crippen molar-refractivity contribution in [2.45, 2.75) is 119 Å². The Bertz CT molecular complexity index is 1210. The molecule has 0 radical (unpaired) electrons. The van der Waals surface area contributed by atoms with Crippen LogP contribution in [-0.4, -0.2) is 143 Å². The van der Waals surface area contributed by atoms with E-state index in [4.69, 9.17) is 25.7 Å². The number of fused-ring (bicyclic) bond motifs is 2.